The van der Waals surface area contributed by atoms with Crippen LogP contribution >= 0.6 is 35.2 Å². The zero-order valence-electron chi connectivity index (χ0n) is 8.81. The van der Waals surface area contributed by atoms with Gasteiger partial charge >= 0.3 is 0 Å². The van der Waals surface area contributed by atoms with Crippen LogP contribution in [0.15, 0.2) is 29.8 Å². The van der Waals surface area contributed by atoms with Crippen molar-refractivity contribution < 1.29 is 0 Å². The fraction of sp³-hybridized carbons (Fsp3) is 0.0909. The Bertz CT molecular complexity index is 526. The van der Waals surface area contributed by atoms with E-state index in [0.717, 1.165) is 16.3 Å². The number of anilines is 1. The highest BCUT2D eigenvalue weighted by atomic mass is 35.5. The maximum absolute atomic E-state index is 5.91. The standard InChI is InChI=1S/C11H10ClN3S2/c12-7-1-2-9(8(5-7)11(13)16)15-6-10-14-3-4-17-10/h1-5,15H,6H2,(H2,13,16). The first-order valence-electron chi connectivity index (χ1n) is 4.88. The molecule has 0 saturated carbocycles. The number of thiazole rings is 1. The molecule has 0 unspecified atom stereocenters. The largest absolute Gasteiger partial charge is 0.389 e. The Hall–Kier alpha value is -1.17. The monoisotopic (exact) mass is 283 g/mol. The zero-order valence-corrected chi connectivity index (χ0v) is 11.2. The molecule has 0 aliphatic heterocycles. The third-order valence-electron chi connectivity index (χ3n) is 2.16. The van der Waals surface area contributed by atoms with Gasteiger partial charge in [0, 0.05) is 27.9 Å². The molecule has 2 rings (SSSR count). The minimum Gasteiger partial charge on any atom is -0.389 e. The molecule has 88 valence electrons. The topological polar surface area (TPSA) is 50.9 Å². The van der Waals surface area contributed by atoms with Gasteiger partial charge in [-0.3, -0.25) is 0 Å². The van der Waals surface area contributed by atoms with Gasteiger partial charge in [-0.2, -0.15) is 0 Å². The van der Waals surface area contributed by atoms with Gasteiger partial charge in [-0.25, -0.2) is 4.98 Å². The summed E-state index contributed by atoms with van der Waals surface area (Å²) in [6, 6.07) is 5.42. The van der Waals surface area contributed by atoms with Crippen LogP contribution < -0.4 is 11.1 Å². The van der Waals surface area contributed by atoms with Crippen LogP contribution in [0.25, 0.3) is 0 Å². The lowest BCUT2D eigenvalue weighted by Crippen LogP contribution is -2.13. The average Bonchev–Trinajstić information content (AvgIpc) is 2.80. The van der Waals surface area contributed by atoms with Crippen LogP contribution in [0.4, 0.5) is 5.69 Å². The molecule has 1 aromatic heterocycles. The Morgan fingerprint density at radius 3 is 3.00 bits per heavy atom. The molecule has 3 nitrogen and oxygen atoms in total. The van der Waals surface area contributed by atoms with E-state index in [1.165, 1.54) is 0 Å². The maximum atomic E-state index is 5.91. The van der Waals surface area contributed by atoms with Gasteiger partial charge in [0.2, 0.25) is 0 Å². The molecule has 0 radical (unpaired) electrons. The van der Waals surface area contributed by atoms with Crippen LogP contribution in [0, 0.1) is 0 Å². The van der Waals surface area contributed by atoms with E-state index in [0.29, 0.717) is 16.6 Å². The van der Waals surface area contributed by atoms with E-state index in [9.17, 15) is 0 Å². The van der Waals surface area contributed by atoms with Crippen LogP contribution in [0.5, 0.6) is 0 Å². The van der Waals surface area contributed by atoms with E-state index in [1.54, 1.807) is 29.7 Å². The van der Waals surface area contributed by atoms with Crippen molar-refractivity contribution in [3.05, 3.63) is 45.4 Å². The molecular weight excluding hydrogens is 274 g/mol. The van der Waals surface area contributed by atoms with Crippen LogP contribution in [0.1, 0.15) is 10.6 Å². The number of aromatic nitrogens is 1. The Morgan fingerprint density at radius 2 is 2.35 bits per heavy atom. The fourth-order valence-electron chi connectivity index (χ4n) is 1.39. The predicted octanol–water partition coefficient (Wildman–Crippen LogP) is 3.04. The van der Waals surface area contributed by atoms with Gasteiger partial charge in [-0.15, -0.1) is 11.3 Å². The number of nitrogens with two attached hydrogens (primary N) is 1. The first-order valence-corrected chi connectivity index (χ1v) is 6.55. The molecular formula is C11H10ClN3S2. The van der Waals surface area contributed by atoms with Gasteiger partial charge in [-0.05, 0) is 18.2 Å². The number of halogens is 1. The van der Waals surface area contributed by atoms with Crippen LogP contribution in [0.3, 0.4) is 0 Å². The molecule has 3 N–H and O–H groups in total. The van der Waals surface area contributed by atoms with Gasteiger partial charge in [0.05, 0.1) is 6.54 Å². The molecule has 0 fully saturated rings. The van der Waals surface area contributed by atoms with Gasteiger partial charge in [0.1, 0.15) is 10.00 Å². The molecule has 0 bridgehead atoms. The molecule has 0 spiro atoms. The molecule has 1 aromatic carbocycles. The second-order valence-corrected chi connectivity index (χ2v) is 5.19. The lowest BCUT2D eigenvalue weighted by atomic mass is 10.2. The maximum Gasteiger partial charge on any atom is 0.112 e. The SMILES string of the molecule is NC(=S)c1cc(Cl)ccc1NCc1nccs1. The normalized spacial score (nSPS) is 10.2. The van der Waals surface area contributed by atoms with Gasteiger partial charge in [0.15, 0.2) is 0 Å². The molecule has 0 saturated heterocycles. The Balaban J connectivity index is 2.17. The molecule has 2 aromatic rings. The number of nitrogens with zero attached hydrogens (tertiary/aromatic N) is 1. The smallest absolute Gasteiger partial charge is 0.112 e. The number of hydrogen-bond donors (Lipinski definition) is 2. The van der Waals surface area contributed by atoms with Crippen molar-refractivity contribution in [3.8, 4) is 0 Å². The summed E-state index contributed by atoms with van der Waals surface area (Å²) in [5, 5.41) is 6.81. The Morgan fingerprint density at radius 1 is 1.53 bits per heavy atom. The minimum absolute atomic E-state index is 0.328. The molecule has 0 amide bonds. The average molecular weight is 284 g/mol. The van der Waals surface area contributed by atoms with E-state index in [4.69, 9.17) is 29.6 Å². The van der Waals surface area contributed by atoms with Crippen LogP contribution in [0.2, 0.25) is 5.02 Å². The molecule has 1 heterocycles. The van der Waals surface area contributed by atoms with E-state index in [1.807, 2.05) is 11.4 Å². The van der Waals surface area contributed by atoms with Crippen molar-refractivity contribution in [1.29, 1.82) is 0 Å². The van der Waals surface area contributed by atoms with Gasteiger partial charge in [-0.1, -0.05) is 23.8 Å². The van der Waals surface area contributed by atoms with Gasteiger partial charge in [0.25, 0.3) is 0 Å². The summed E-state index contributed by atoms with van der Waals surface area (Å²) < 4.78 is 0. The van der Waals surface area contributed by atoms with E-state index < -0.39 is 0 Å². The summed E-state index contributed by atoms with van der Waals surface area (Å²) >= 11 is 12.5. The highest BCUT2D eigenvalue weighted by molar-refractivity contribution is 7.80. The van der Waals surface area contributed by atoms with Crippen molar-refractivity contribution in [2.75, 3.05) is 5.32 Å². The van der Waals surface area contributed by atoms with Crippen molar-refractivity contribution >= 4 is 45.8 Å². The lowest BCUT2D eigenvalue weighted by Gasteiger charge is -2.10. The van der Waals surface area contributed by atoms with Crippen LogP contribution in [-0.2, 0) is 6.54 Å². The zero-order chi connectivity index (χ0) is 12.3. The van der Waals surface area contributed by atoms with Crippen molar-refractivity contribution in [1.82, 2.24) is 4.98 Å². The summed E-state index contributed by atoms with van der Waals surface area (Å²) in [4.78, 5) is 4.52. The van der Waals surface area contributed by atoms with E-state index in [2.05, 4.69) is 10.3 Å². The molecule has 0 aliphatic rings. The summed E-state index contributed by atoms with van der Waals surface area (Å²) in [6.07, 6.45) is 1.78. The van der Waals surface area contributed by atoms with Gasteiger partial charge < -0.3 is 11.1 Å². The number of hydrogen-bond acceptors (Lipinski definition) is 4. The number of rotatable bonds is 4. The second kappa shape index (κ2) is 5.44. The summed E-state index contributed by atoms with van der Waals surface area (Å²) in [5.41, 5.74) is 7.28. The number of nitrogens with one attached hydrogen (secondary N) is 1. The highest BCUT2D eigenvalue weighted by Gasteiger charge is 2.06. The number of thiocarbonyl (C=S) groups is 1. The fourth-order valence-corrected chi connectivity index (χ4v) is 2.28. The highest BCUT2D eigenvalue weighted by Crippen LogP contribution is 2.21. The van der Waals surface area contributed by atoms with Crippen molar-refractivity contribution in [2.24, 2.45) is 5.73 Å². The molecule has 0 atom stereocenters. The summed E-state index contributed by atoms with van der Waals surface area (Å²) in [7, 11) is 0. The Kier molecular flexibility index (Phi) is 3.93. The molecule has 6 heteroatoms. The predicted molar refractivity (Wildman–Crippen MR) is 76.8 cm³/mol. The molecule has 17 heavy (non-hydrogen) atoms. The van der Waals surface area contributed by atoms with Crippen molar-refractivity contribution in [2.45, 2.75) is 6.54 Å². The Labute approximate surface area is 114 Å². The minimum atomic E-state index is 0.328. The number of benzene rings is 1. The lowest BCUT2D eigenvalue weighted by molar-refractivity contribution is 1.10. The first kappa shape index (κ1) is 12.3. The third-order valence-corrected chi connectivity index (χ3v) is 3.40. The van der Waals surface area contributed by atoms with Crippen LogP contribution in [-0.4, -0.2) is 9.97 Å². The molecule has 0 aliphatic carbocycles. The summed E-state index contributed by atoms with van der Waals surface area (Å²) in [6.45, 7) is 0.648. The first-order chi connectivity index (χ1) is 8.16. The second-order valence-electron chi connectivity index (χ2n) is 3.33. The van der Waals surface area contributed by atoms with Crippen molar-refractivity contribution in [3.63, 3.8) is 0 Å². The van der Waals surface area contributed by atoms with E-state index >= 15 is 0 Å². The quantitative estimate of drug-likeness (QED) is 0.847. The summed E-state index contributed by atoms with van der Waals surface area (Å²) in [5.74, 6) is 0. The third kappa shape index (κ3) is 3.15. The van der Waals surface area contributed by atoms with E-state index in [-0.39, 0.29) is 0 Å².